The van der Waals surface area contributed by atoms with Crippen molar-refractivity contribution >= 4 is 23.4 Å². The van der Waals surface area contributed by atoms with Crippen LogP contribution in [0.2, 0.25) is 0 Å². The molecule has 0 unspecified atom stereocenters. The van der Waals surface area contributed by atoms with Gasteiger partial charge in [0.2, 0.25) is 0 Å². The van der Waals surface area contributed by atoms with Crippen LogP contribution >= 0.6 is 0 Å². The Morgan fingerprint density at radius 1 is 1.06 bits per heavy atom. The van der Waals surface area contributed by atoms with Crippen molar-refractivity contribution in [1.82, 2.24) is 4.57 Å². The molecule has 1 amide bonds. The van der Waals surface area contributed by atoms with Gasteiger partial charge < -0.3 is 19.5 Å². The summed E-state index contributed by atoms with van der Waals surface area (Å²) in [6.45, 7) is 9.43. The van der Waals surface area contributed by atoms with E-state index in [-0.39, 0.29) is 5.57 Å². The molecule has 1 aromatic heterocycles. The Hall–Kier alpha value is -3.82. The number of ether oxygens (including phenoxy) is 1. The first-order chi connectivity index (χ1) is 16.5. The van der Waals surface area contributed by atoms with Gasteiger partial charge >= 0.3 is 0 Å². The molecule has 0 aliphatic carbocycles. The van der Waals surface area contributed by atoms with Crippen LogP contribution in [0.5, 0.6) is 0 Å². The molecule has 1 aliphatic rings. The fourth-order valence-corrected chi connectivity index (χ4v) is 4.29. The molecule has 0 bridgehead atoms. The number of nitriles is 1. The van der Waals surface area contributed by atoms with Crippen molar-refractivity contribution in [3.05, 3.63) is 82.7 Å². The van der Waals surface area contributed by atoms with E-state index >= 15 is 0 Å². The number of carbonyl (C=O) groups excluding carboxylic acids is 1. The van der Waals surface area contributed by atoms with Gasteiger partial charge in [0.05, 0.1) is 13.2 Å². The molecule has 0 saturated carbocycles. The molecule has 0 atom stereocenters. The fraction of sp³-hybridized carbons (Fsp3) is 0.286. The van der Waals surface area contributed by atoms with Crippen molar-refractivity contribution in [3.63, 3.8) is 0 Å². The number of hydrogen-bond donors (Lipinski definition) is 1. The summed E-state index contributed by atoms with van der Waals surface area (Å²) >= 11 is 0. The van der Waals surface area contributed by atoms with Gasteiger partial charge in [0, 0.05) is 41.5 Å². The first kappa shape index (κ1) is 23.3. The lowest BCUT2D eigenvalue weighted by molar-refractivity contribution is -0.112. The molecule has 6 heteroatoms. The molecule has 1 aliphatic heterocycles. The molecule has 2 aromatic carbocycles. The Balaban J connectivity index is 1.55. The Kier molecular flexibility index (Phi) is 7.15. The number of amides is 1. The predicted octanol–water partition coefficient (Wildman–Crippen LogP) is 5.04. The summed E-state index contributed by atoms with van der Waals surface area (Å²) in [5.41, 5.74) is 7.04. The maximum Gasteiger partial charge on any atom is 0.266 e. The number of aryl methyl sites for hydroxylation is 2. The molecule has 0 spiro atoms. The second-order valence-electron chi connectivity index (χ2n) is 8.45. The van der Waals surface area contributed by atoms with Crippen LogP contribution in [-0.4, -0.2) is 36.8 Å². The number of benzene rings is 2. The summed E-state index contributed by atoms with van der Waals surface area (Å²) in [5, 5.41) is 12.5. The van der Waals surface area contributed by atoms with E-state index in [4.69, 9.17) is 4.74 Å². The fourth-order valence-electron chi connectivity index (χ4n) is 4.29. The Labute approximate surface area is 201 Å². The third kappa shape index (κ3) is 5.05. The Bertz CT molecular complexity index is 1230. The summed E-state index contributed by atoms with van der Waals surface area (Å²) in [7, 11) is 0. The maximum atomic E-state index is 12.7. The average Bonchev–Trinajstić information content (AvgIpc) is 3.15. The van der Waals surface area contributed by atoms with Crippen molar-refractivity contribution in [2.75, 3.05) is 36.5 Å². The SMILES string of the molecule is CCc1ccc(NC(=O)/C(C#N)=C\c2cc(C)n(-c3ccc(N4CCOCC4)cc3)c2C)cc1. The van der Waals surface area contributed by atoms with Crippen LogP contribution in [0.15, 0.2) is 60.2 Å². The van der Waals surface area contributed by atoms with E-state index in [1.54, 1.807) is 6.08 Å². The number of carbonyl (C=O) groups is 1. The van der Waals surface area contributed by atoms with Crippen molar-refractivity contribution in [2.24, 2.45) is 0 Å². The molecular weight excluding hydrogens is 424 g/mol. The van der Waals surface area contributed by atoms with Gasteiger partial charge in [-0.15, -0.1) is 0 Å². The van der Waals surface area contributed by atoms with E-state index in [1.165, 1.54) is 11.3 Å². The summed E-state index contributed by atoms with van der Waals surface area (Å²) in [6, 6.07) is 20.2. The lowest BCUT2D eigenvalue weighted by atomic mass is 10.1. The minimum atomic E-state index is -0.411. The van der Waals surface area contributed by atoms with Gasteiger partial charge in [-0.05, 0) is 79.9 Å². The van der Waals surface area contributed by atoms with Gasteiger partial charge in [-0.2, -0.15) is 5.26 Å². The van der Waals surface area contributed by atoms with E-state index < -0.39 is 5.91 Å². The van der Waals surface area contributed by atoms with Crippen molar-refractivity contribution in [1.29, 1.82) is 5.26 Å². The topological polar surface area (TPSA) is 70.3 Å². The van der Waals surface area contributed by atoms with E-state index in [0.717, 1.165) is 55.4 Å². The number of morpholine rings is 1. The van der Waals surface area contributed by atoms with Gasteiger partial charge in [0.25, 0.3) is 5.91 Å². The van der Waals surface area contributed by atoms with Crippen LogP contribution in [0.25, 0.3) is 11.8 Å². The summed E-state index contributed by atoms with van der Waals surface area (Å²) in [6.07, 6.45) is 2.60. The van der Waals surface area contributed by atoms with Crippen LogP contribution in [0, 0.1) is 25.2 Å². The second kappa shape index (κ2) is 10.4. The summed E-state index contributed by atoms with van der Waals surface area (Å²) < 4.78 is 7.59. The standard InChI is InChI=1S/C28H30N4O2/c1-4-22-5-7-25(8-6-22)30-28(33)24(19-29)18-23-17-20(2)32(21(23)3)27-11-9-26(10-12-27)31-13-15-34-16-14-31/h5-12,17-18H,4,13-16H2,1-3H3,(H,30,33)/b24-18-. The minimum Gasteiger partial charge on any atom is -0.378 e. The first-order valence-electron chi connectivity index (χ1n) is 11.6. The molecule has 0 radical (unpaired) electrons. The largest absolute Gasteiger partial charge is 0.378 e. The molecule has 6 nitrogen and oxygen atoms in total. The lowest BCUT2D eigenvalue weighted by Crippen LogP contribution is -2.36. The zero-order valence-corrected chi connectivity index (χ0v) is 20.0. The van der Waals surface area contributed by atoms with Crippen LogP contribution in [0.1, 0.15) is 29.4 Å². The normalized spacial score (nSPS) is 14.1. The number of nitrogens with one attached hydrogen (secondary N) is 1. The molecular formula is C28H30N4O2. The Morgan fingerprint density at radius 2 is 1.71 bits per heavy atom. The quantitative estimate of drug-likeness (QED) is 0.419. The molecule has 1 fully saturated rings. The lowest BCUT2D eigenvalue weighted by Gasteiger charge is -2.29. The predicted molar refractivity (Wildman–Crippen MR) is 136 cm³/mol. The molecule has 174 valence electrons. The van der Waals surface area contributed by atoms with Gasteiger partial charge in [0.1, 0.15) is 11.6 Å². The first-order valence-corrected chi connectivity index (χ1v) is 11.6. The average molecular weight is 455 g/mol. The highest BCUT2D eigenvalue weighted by Gasteiger charge is 2.15. The minimum absolute atomic E-state index is 0.0717. The van der Waals surface area contributed by atoms with Crippen LogP contribution in [-0.2, 0) is 16.0 Å². The van der Waals surface area contributed by atoms with Crippen LogP contribution in [0.3, 0.4) is 0 Å². The van der Waals surface area contributed by atoms with Gasteiger partial charge in [-0.25, -0.2) is 0 Å². The molecule has 34 heavy (non-hydrogen) atoms. The number of rotatable bonds is 6. The number of hydrogen-bond acceptors (Lipinski definition) is 4. The third-order valence-electron chi connectivity index (χ3n) is 6.24. The molecule has 3 aromatic rings. The zero-order chi connectivity index (χ0) is 24.1. The van der Waals surface area contributed by atoms with E-state index in [0.29, 0.717) is 5.69 Å². The number of aromatic nitrogens is 1. The highest BCUT2D eigenvalue weighted by molar-refractivity contribution is 6.09. The monoisotopic (exact) mass is 454 g/mol. The zero-order valence-electron chi connectivity index (χ0n) is 20.0. The summed E-state index contributed by atoms with van der Waals surface area (Å²) in [5.74, 6) is -0.411. The number of anilines is 2. The highest BCUT2D eigenvalue weighted by Crippen LogP contribution is 2.25. The van der Waals surface area contributed by atoms with Crippen molar-refractivity contribution in [2.45, 2.75) is 27.2 Å². The Morgan fingerprint density at radius 3 is 2.32 bits per heavy atom. The number of nitrogens with zero attached hydrogens (tertiary/aromatic N) is 3. The van der Waals surface area contributed by atoms with Crippen molar-refractivity contribution in [3.8, 4) is 11.8 Å². The highest BCUT2D eigenvalue weighted by atomic mass is 16.5. The second-order valence-corrected chi connectivity index (χ2v) is 8.45. The molecule has 1 saturated heterocycles. The van der Waals surface area contributed by atoms with Crippen molar-refractivity contribution < 1.29 is 9.53 Å². The van der Waals surface area contributed by atoms with E-state index in [9.17, 15) is 10.1 Å². The van der Waals surface area contributed by atoms with Crippen LogP contribution in [0.4, 0.5) is 11.4 Å². The molecule has 2 heterocycles. The van der Waals surface area contributed by atoms with E-state index in [2.05, 4.69) is 52.0 Å². The molecule has 4 rings (SSSR count). The van der Waals surface area contributed by atoms with Gasteiger partial charge in [-0.1, -0.05) is 19.1 Å². The van der Waals surface area contributed by atoms with Crippen LogP contribution < -0.4 is 10.2 Å². The van der Waals surface area contributed by atoms with Gasteiger partial charge in [-0.3, -0.25) is 4.79 Å². The van der Waals surface area contributed by atoms with Gasteiger partial charge in [0.15, 0.2) is 0 Å². The maximum absolute atomic E-state index is 12.7. The smallest absolute Gasteiger partial charge is 0.266 e. The summed E-state index contributed by atoms with van der Waals surface area (Å²) in [4.78, 5) is 15.1. The van der Waals surface area contributed by atoms with E-state index in [1.807, 2.05) is 44.2 Å². The molecule has 1 N–H and O–H groups in total. The third-order valence-corrected chi connectivity index (χ3v) is 6.24.